The van der Waals surface area contributed by atoms with Gasteiger partial charge in [0.15, 0.2) is 5.16 Å². The number of aromatic nitrogens is 2. The third kappa shape index (κ3) is 3.70. The van der Waals surface area contributed by atoms with Gasteiger partial charge in [-0.05, 0) is 18.4 Å². The Kier molecular flexibility index (Phi) is 5.72. The molecule has 0 aliphatic heterocycles. The van der Waals surface area contributed by atoms with E-state index in [9.17, 15) is 9.59 Å². The Hall–Kier alpha value is -1.90. The van der Waals surface area contributed by atoms with E-state index in [4.69, 9.17) is 0 Å². The molecular weight excluding hydrogens is 374 g/mol. The number of carbonyl (C=O) groups is 1. The molecule has 130 valence electrons. The van der Waals surface area contributed by atoms with E-state index in [1.807, 2.05) is 29.8 Å². The second-order valence-corrected chi connectivity index (χ2v) is 7.90. The van der Waals surface area contributed by atoms with E-state index >= 15 is 0 Å². The van der Waals surface area contributed by atoms with Crippen LogP contribution in [0.25, 0.3) is 20.7 Å². The summed E-state index contributed by atoms with van der Waals surface area (Å²) >= 11 is 4.33. The van der Waals surface area contributed by atoms with Crippen LogP contribution in [-0.2, 0) is 11.3 Å². The average molecular weight is 392 g/mol. The minimum atomic E-state index is -0.0899. The first-order chi connectivity index (χ1) is 12.2. The molecule has 25 heavy (non-hydrogen) atoms. The number of thioether (sulfide) groups is 1. The normalized spacial score (nSPS) is 10.9. The highest BCUT2D eigenvalue weighted by Crippen LogP contribution is 2.34. The topological polar surface area (TPSA) is 64.0 Å². The fourth-order valence-electron chi connectivity index (χ4n) is 2.40. The van der Waals surface area contributed by atoms with Gasteiger partial charge in [0, 0.05) is 28.9 Å². The summed E-state index contributed by atoms with van der Waals surface area (Å²) in [7, 11) is 0. The zero-order chi connectivity index (χ0) is 17.8. The predicted molar refractivity (Wildman–Crippen MR) is 107 cm³/mol. The van der Waals surface area contributed by atoms with Crippen LogP contribution < -0.4 is 10.9 Å². The van der Waals surface area contributed by atoms with Crippen molar-refractivity contribution in [2.75, 3.05) is 12.3 Å². The van der Waals surface area contributed by atoms with Crippen molar-refractivity contribution in [3.05, 3.63) is 45.9 Å². The molecule has 0 bridgehead atoms. The van der Waals surface area contributed by atoms with Crippen LogP contribution in [0, 0.1) is 0 Å². The Balaban J connectivity index is 2.06. The van der Waals surface area contributed by atoms with Crippen LogP contribution in [0.15, 0.2) is 45.5 Å². The minimum Gasteiger partial charge on any atom is -0.356 e. The van der Waals surface area contributed by atoms with Gasteiger partial charge in [0.2, 0.25) is 5.91 Å². The van der Waals surface area contributed by atoms with Crippen LogP contribution in [0.1, 0.15) is 6.92 Å². The monoisotopic (exact) mass is 391 g/mol. The van der Waals surface area contributed by atoms with E-state index in [1.54, 1.807) is 22.0 Å². The van der Waals surface area contributed by atoms with Crippen LogP contribution in [0.5, 0.6) is 0 Å². The SMILES string of the molecule is C=CCn1c(SCC(=O)NCC)nc2scc(-c3cccs3)c2c1=O. The zero-order valence-electron chi connectivity index (χ0n) is 13.7. The zero-order valence-corrected chi connectivity index (χ0v) is 16.1. The molecule has 3 heterocycles. The molecule has 5 nitrogen and oxygen atoms in total. The van der Waals surface area contributed by atoms with Gasteiger partial charge >= 0.3 is 0 Å². The molecule has 0 radical (unpaired) electrons. The Bertz CT molecular complexity index is 958. The Morgan fingerprint density at radius 3 is 3.00 bits per heavy atom. The molecule has 0 aliphatic carbocycles. The Morgan fingerprint density at radius 2 is 2.32 bits per heavy atom. The lowest BCUT2D eigenvalue weighted by molar-refractivity contribution is -0.118. The number of nitrogens with zero attached hydrogens (tertiary/aromatic N) is 2. The summed E-state index contributed by atoms with van der Waals surface area (Å²) in [4.78, 5) is 31.2. The molecule has 0 saturated carbocycles. The van der Waals surface area contributed by atoms with Crippen LogP contribution in [0.2, 0.25) is 0 Å². The lowest BCUT2D eigenvalue weighted by Gasteiger charge is -2.10. The van der Waals surface area contributed by atoms with Gasteiger partial charge in [-0.15, -0.1) is 29.3 Å². The van der Waals surface area contributed by atoms with Gasteiger partial charge in [-0.1, -0.05) is 23.9 Å². The van der Waals surface area contributed by atoms with Gasteiger partial charge in [-0.25, -0.2) is 4.98 Å². The maximum Gasteiger partial charge on any atom is 0.263 e. The summed E-state index contributed by atoms with van der Waals surface area (Å²) < 4.78 is 1.59. The van der Waals surface area contributed by atoms with Crippen LogP contribution >= 0.6 is 34.4 Å². The molecule has 3 aromatic rings. The lowest BCUT2D eigenvalue weighted by atomic mass is 10.2. The number of hydrogen-bond acceptors (Lipinski definition) is 6. The molecule has 0 fully saturated rings. The molecule has 1 amide bonds. The van der Waals surface area contributed by atoms with Gasteiger partial charge in [0.1, 0.15) is 4.83 Å². The van der Waals surface area contributed by atoms with Crippen molar-refractivity contribution in [1.82, 2.24) is 14.9 Å². The third-order valence-corrected chi connectivity index (χ3v) is 6.22. The summed E-state index contributed by atoms with van der Waals surface area (Å²) in [5, 5.41) is 7.90. The lowest BCUT2D eigenvalue weighted by Crippen LogP contribution is -2.26. The second kappa shape index (κ2) is 7.99. The van der Waals surface area contributed by atoms with Crippen molar-refractivity contribution >= 4 is 50.6 Å². The maximum absolute atomic E-state index is 13.1. The van der Waals surface area contributed by atoms with E-state index in [0.717, 1.165) is 10.4 Å². The largest absolute Gasteiger partial charge is 0.356 e. The molecule has 3 aromatic heterocycles. The van der Waals surface area contributed by atoms with Gasteiger partial charge in [-0.2, -0.15) is 0 Å². The van der Waals surface area contributed by atoms with Gasteiger partial charge in [0.25, 0.3) is 5.56 Å². The number of amides is 1. The fourth-order valence-corrected chi connectivity index (χ4v) is 5.04. The van der Waals surface area contributed by atoms with Gasteiger partial charge < -0.3 is 5.32 Å². The molecule has 3 rings (SSSR count). The summed E-state index contributed by atoms with van der Waals surface area (Å²) in [5.41, 5.74) is 0.832. The number of allylic oxidation sites excluding steroid dienone is 1. The van der Waals surface area contributed by atoms with Crippen molar-refractivity contribution in [3.63, 3.8) is 0 Å². The standard InChI is InChI=1S/C17H17N3O2S3/c1-3-7-20-16(22)14-11(12-6-5-8-23-12)9-24-15(14)19-17(20)25-10-13(21)18-4-2/h3,5-6,8-9H,1,4,7,10H2,2H3,(H,18,21). The van der Waals surface area contributed by atoms with Gasteiger partial charge in [-0.3, -0.25) is 14.2 Å². The van der Waals surface area contributed by atoms with Crippen molar-refractivity contribution < 1.29 is 4.79 Å². The smallest absolute Gasteiger partial charge is 0.263 e. The fraction of sp³-hybridized carbons (Fsp3) is 0.235. The molecular formula is C17H17N3O2S3. The molecule has 0 unspecified atom stereocenters. The van der Waals surface area contributed by atoms with Crippen LogP contribution in [0.3, 0.4) is 0 Å². The molecule has 8 heteroatoms. The molecule has 0 atom stereocenters. The number of thiophene rings is 2. The average Bonchev–Trinajstić information content (AvgIpc) is 3.25. The summed E-state index contributed by atoms with van der Waals surface area (Å²) in [6, 6.07) is 3.97. The molecule has 0 saturated heterocycles. The highest BCUT2D eigenvalue weighted by molar-refractivity contribution is 7.99. The van der Waals surface area contributed by atoms with Crippen molar-refractivity contribution in [3.8, 4) is 10.4 Å². The van der Waals surface area contributed by atoms with E-state index < -0.39 is 0 Å². The number of carbonyl (C=O) groups excluding carboxylic acids is 1. The first-order valence-electron chi connectivity index (χ1n) is 7.72. The van der Waals surface area contributed by atoms with E-state index in [1.165, 1.54) is 23.1 Å². The quantitative estimate of drug-likeness (QED) is 0.380. The third-order valence-electron chi connectivity index (χ3n) is 3.46. The maximum atomic E-state index is 13.1. The highest BCUT2D eigenvalue weighted by atomic mass is 32.2. The van der Waals surface area contributed by atoms with Crippen molar-refractivity contribution in [1.29, 1.82) is 0 Å². The van der Waals surface area contributed by atoms with Crippen LogP contribution in [-0.4, -0.2) is 27.8 Å². The Morgan fingerprint density at radius 1 is 1.48 bits per heavy atom. The number of hydrogen-bond donors (Lipinski definition) is 1. The van der Waals surface area contributed by atoms with Crippen molar-refractivity contribution in [2.45, 2.75) is 18.6 Å². The first-order valence-corrected chi connectivity index (χ1v) is 10.5. The molecule has 1 N–H and O–H groups in total. The summed E-state index contributed by atoms with van der Waals surface area (Å²) in [5.74, 6) is 0.156. The molecule has 0 aliphatic rings. The summed E-state index contributed by atoms with van der Waals surface area (Å²) in [6.07, 6.45) is 1.67. The Labute approximate surface area is 157 Å². The summed E-state index contributed by atoms with van der Waals surface area (Å²) in [6.45, 7) is 6.55. The molecule has 0 aromatic carbocycles. The number of fused-ring (bicyclic) bond motifs is 1. The predicted octanol–water partition coefficient (Wildman–Crippen LogP) is 3.60. The van der Waals surface area contributed by atoms with E-state index in [2.05, 4.69) is 16.9 Å². The minimum absolute atomic E-state index is 0.0718. The second-order valence-electron chi connectivity index (χ2n) is 5.15. The highest BCUT2D eigenvalue weighted by Gasteiger charge is 2.18. The van der Waals surface area contributed by atoms with Gasteiger partial charge in [0.05, 0.1) is 11.1 Å². The number of rotatable bonds is 7. The molecule has 0 spiro atoms. The van der Waals surface area contributed by atoms with E-state index in [-0.39, 0.29) is 17.2 Å². The van der Waals surface area contributed by atoms with Crippen LogP contribution in [0.4, 0.5) is 0 Å². The van der Waals surface area contributed by atoms with E-state index in [0.29, 0.717) is 28.5 Å². The number of nitrogens with one attached hydrogen (secondary N) is 1. The van der Waals surface area contributed by atoms with Crippen molar-refractivity contribution in [2.24, 2.45) is 0 Å². The first kappa shape index (κ1) is 17.9.